The molecule has 1 amide bonds. The Labute approximate surface area is 271 Å². The van der Waals surface area contributed by atoms with Crippen LogP contribution >= 0.6 is 0 Å². The van der Waals surface area contributed by atoms with Crippen molar-refractivity contribution in [3.63, 3.8) is 0 Å². The third-order valence-electron chi connectivity index (χ3n) is 8.54. The molecule has 1 saturated heterocycles. The average Bonchev–Trinajstić information content (AvgIpc) is 3.83. The van der Waals surface area contributed by atoms with Crippen molar-refractivity contribution >= 4 is 27.8 Å². The molecule has 0 bridgehead atoms. The maximum Gasteiger partial charge on any atom is 0.449 e. The van der Waals surface area contributed by atoms with Crippen LogP contribution in [0.5, 0.6) is 11.6 Å². The fraction of sp³-hybridized carbons (Fsp3) is 0.312. The fourth-order valence-corrected chi connectivity index (χ4v) is 6.10. The van der Waals surface area contributed by atoms with E-state index >= 15 is 0 Å². The van der Waals surface area contributed by atoms with Crippen molar-refractivity contribution in [1.82, 2.24) is 49.1 Å². The van der Waals surface area contributed by atoms with Crippen molar-refractivity contribution in [1.29, 1.82) is 0 Å². The number of piperazine rings is 1. The Morgan fingerprint density at radius 2 is 1.85 bits per heavy atom. The number of aromatic nitrogens is 8. The number of benzene rings is 2. The van der Waals surface area contributed by atoms with Gasteiger partial charge in [-0.25, -0.2) is 19.9 Å². The van der Waals surface area contributed by atoms with Gasteiger partial charge < -0.3 is 23.9 Å². The first kappa shape index (κ1) is 31.1. The van der Waals surface area contributed by atoms with Crippen LogP contribution in [0.3, 0.4) is 0 Å². The molecule has 0 radical (unpaired) electrons. The first-order valence-corrected chi connectivity index (χ1v) is 15.1. The number of para-hydroxylation sites is 1. The number of hydrogen-bond acceptors (Lipinski definition) is 9. The first-order chi connectivity index (χ1) is 23.1. The summed E-state index contributed by atoms with van der Waals surface area (Å²) in [7, 11) is 4.75. The molecule has 5 heterocycles. The summed E-state index contributed by atoms with van der Waals surface area (Å²) >= 11 is 0. The van der Waals surface area contributed by atoms with Gasteiger partial charge in [-0.1, -0.05) is 18.2 Å². The number of fused-ring (bicyclic) bond motifs is 2. The third kappa shape index (κ3) is 5.78. The number of carbonyl (C=O) groups is 1. The highest BCUT2D eigenvalue weighted by Crippen LogP contribution is 2.35. The highest BCUT2D eigenvalue weighted by molar-refractivity contribution is 5.85. The summed E-state index contributed by atoms with van der Waals surface area (Å²) in [5, 5.41) is 5.05. The summed E-state index contributed by atoms with van der Waals surface area (Å²) in [6.07, 6.45) is -1.67. The molecule has 4 aromatic heterocycles. The maximum atomic E-state index is 14.2. The lowest BCUT2D eigenvalue weighted by atomic mass is 10.1. The van der Waals surface area contributed by atoms with Crippen LogP contribution in [-0.4, -0.2) is 88.8 Å². The number of aromatic amines is 1. The van der Waals surface area contributed by atoms with Crippen LogP contribution in [0.4, 0.5) is 13.2 Å². The van der Waals surface area contributed by atoms with Gasteiger partial charge in [0, 0.05) is 38.1 Å². The molecule has 6 aromatic rings. The van der Waals surface area contributed by atoms with Gasteiger partial charge in [0.05, 0.1) is 54.8 Å². The number of hydrogen-bond donors (Lipinski definition) is 1. The summed E-state index contributed by atoms with van der Waals surface area (Å²) < 4.78 is 56.0. The fourth-order valence-electron chi connectivity index (χ4n) is 6.10. The zero-order valence-corrected chi connectivity index (χ0v) is 26.3. The normalized spacial score (nSPS) is 15.8. The van der Waals surface area contributed by atoms with E-state index in [1.165, 1.54) is 38.7 Å². The monoisotopic (exact) mass is 660 g/mol. The Balaban J connectivity index is 1.25. The standard InChI is InChI=1S/C32H31F3N10O3/c1-42-27(37-18-38-42)16-43-10-11-44(28(46)17-45-25-13-20(47-2)8-9-23(25)41-31(45)32(33,34)35)26(15-43)29-36-14-24(39-29)21-12-19-6-4-5-7-22(19)40-30(21)48-3/h4-9,12-14,18,26H,10-11,15-17H2,1-3H3,(H,36,39). The second-order valence-corrected chi connectivity index (χ2v) is 11.4. The number of methoxy groups -OCH3 is 2. The van der Waals surface area contributed by atoms with Crippen molar-refractivity contribution in [2.75, 3.05) is 33.9 Å². The van der Waals surface area contributed by atoms with E-state index in [-0.39, 0.29) is 17.6 Å². The molecule has 1 aliphatic heterocycles. The SMILES string of the molecule is COc1ccc2nc(C(F)(F)F)n(CC(=O)N3CCN(Cc4ncnn4C)CC3c3ncc(-c4cc5ccccc5nc4OC)[nH]3)c2c1. The number of carbonyl (C=O) groups excluding carboxylic acids is 1. The van der Waals surface area contributed by atoms with E-state index < -0.39 is 30.5 Å². The van der Waals surface area contributed by atoms with Crippen molar-refractivity contribution in [3.05, 3.63) is 78.5 Å². The van der Waals surface area contributed by atoms with Gasteiger partial charge >= 0.3 is 6.18 Å². The number of ether oxygens (including phenoxy) is 2. The predicted molar refractivity (Wildman–Crippen MR) is 168 cm³/mol. The first-order valence-electron chi connectivity index (χ1n) is 15.1. The molecule has 13 nitrogen and oxygen atoms in total. The van der Waals surface area contributed by atoms with Crippen molar-refractivity contribution in [2.45, 2.75) is 25.3 Å². The lowest BCUT2D eigenvalue weighted by molar-refractivity contribution is -0.148. The molecule has 0 aliphatic carbocycles. The minimum atomic E-state index is -4.79. The highest BCUT2D eigenvalue weighted by atomic mass is 19.4. The van der Waals surface area contributed by atoms with Gasteiger partial charge in [0.1, 0.15) is 36.3 Å². The molecule has 7 rings (SSSR count). The summed E-state index contributed by atoms with van der Waals surface area (Å²) in [5.74, 6) is 0.258. The lowest BCUT2D eigenvalue weighted by Gasteiger charge is -2.40. The molecule has 16 heteroatoms. The van der Waals surface area contributed by atoms with E-state index in [9.17, 15) is 18.0 Å². The number of rotatable bonds is 8. The minimum absolute atomic E-state index is 0.106. The van der Waals surface area contributed by atoms with Gasteiger partial charge in [0.25, 0.3) is 0 Å². The Morgan fingerprint density at radius 1 is 1.02 bits per heavy atom. The number of nitrogens with zero attached hydrogens (tertiary/aromatic N) is 9. The molecule has 1 unspecified atom stereocenters. The van der Waals surface area contributed by atoms with Crippen molar-refractivity contribution < 1.29 is 27.4 Å². The molecular weight excluding hydrogens is 629 g/mol. The van der Waals surface area contributed by atoms with E-state index in [1.54, 1.807) is 22.8 Å². The van der Waals surface area contributed by atoms with Crippen LogP contribution in [0.15, 0.2) is 61.1 Å². The molecule has 0 spiro atoms. The summed E-state index contributed by atoms with van der Waals surface area (Å²) in [5.41, 5.74) is 2.31. The number of nitrogens with one attached hydrogen (secondary N) is 1. The quantitative estimate of drug-likeness (QED) is 0.255. The van der Waals surface area contributed by atoms with E-state index in [4.69, 9.17) is 9.47 Å². The topological polar surface area (TPSA) is 132 Å². The Morgan fingerprint density at radius 3 is 2.60 bits per heavy atom. The Hall–Kier alpha value is -5.51. The van der Waals surface area contributed by atoms with Crippen molar-refractivity contribution in [2.24, 2.45) is 7.05 Å². The number of H-pyrrole nitrogens is 1. The van der Waals surface area contributed by atoms with E-state index in [0.29, 0.717) is 48.3 Å². The van der Waals surface area contributed by atoms with E-state index in [1.807, 2.05) is 30.3 Å². The molecule has 1 aliphatic rings. The van der Waals surface area contributed by atoms with Gasteiger partial charge in [-0.15, -0.1) is 0 Å². The summed E-state index contributed by atoms with van der Waals surface area (Å²) in [6, 6.07) is 13.4. The lowest BCUT2D eigenvalue weighted by Crippen LogP contribution is -2.51. The maximum absolute atomic E-state index is 14.2. The largest absolute Gasteiger partial charge is 0.497 e. The zero-order valence-electron chi connectivity index (χ0n) is 26.3. The van der Waals surface area contributed by atoms with Gasteiger partial charge in [-0.3, -0.25) is 14.4 Å². The molecule has 1 N–H and O–H groups in total. The molecule has 248 valence electrons. The minimum Gasteiger partial charge on any atom is -0.497 e. The van der Waals surface area contributed by atoms with Crippen LogP contribution < -0.4 is 9.47 Å². The van der Waals surface area contributed by atoms with Gasteiger partial charge in [-0.2, -0.15) is 18.3 Å². The van der Waals surface area contributed by atoms with Crippen LogP contribution in [0, 0.1) is 0 Å². The molecule has 48 heavy (non-hydrogen) atoms. The predicted octanol–water partition coefficient (Wildman–Crippen LogP) is 4.22. The molecule has 1 fully saturated rings. The number of amides is 1. The second kappa shape index (κ2) is 12.3. The number of pyridine rings is 1. The second-order valence-electron chi connectivity index (χ2n) is 11.4. The number of imidazole rings is 2. The van der Waals surface area contributed by atoms with Gasteiger partial charge in [0.2, 0.25) is 17.6 Å². The van der Waals surface area contributed by atoms with Gasteiger partial charge in [0.15, 0.2) is 0 Å². The smallest absolute Gasteiger partial charge is 0.449 e. The number of halogens is 3. The van der Waals surface area contributed by atoms with Gasteiger partial charge in [-0.05, 0) is 24.3 Å². The average molecular weight is 661 g/mol. The van der Waals surface area contributed by atoms with Crippen LogP contribution in [-0.2, 0) is 31.1 Å². The number of alkyl halides is 3. The van der Waals surface area contributed by atoms with Crippen molar-refractivity contribution in [3.8, 4) is 22.9 Å². The highest BCUT2D eigenvalue weighted by Gasteiger charge is 2.40. The van der Waals surface area contributed by atoms with E-state index in [0.717, 1.165) is 21.3 Å². The zero-order chi connectivity index (χ0) is 33.6. The van der Waals surface area contributed by atoms with Crippen LogP contribution in [0.25, 0.3) is 33.2 Å². The van der Waals surface area contributed by atoms with Crippen LogP contribution in [0.1, 0.15) is 23.5 Å². The Kier molecular flexibility index (Phi) is 7.94. The molecule has 1 atom stereocenters. The molecular formula is C32H31F3N10O3. The third-order valence-corrected chi connectivity index (χ3v) is 8.54. The molecule has 2 aromatic carbocycles. The summed E-state index contributed by atoms with van der Waals surface area (Å²) in [4.78, 5) is 38.6. The molecule has 0 saturated carbocycles. The summed E-state index contributed by atoms with van der Waals surface area (Å²) in [6.45, 7) is 0.887. The van der Waals surface area contributed by atoms with Crippen LogP contribution in [0.2, 0.25) is 0 Å². The van der Waals surface area contributed by atoms with E-state index in [2.05, 4.69) is 34.9 Å². The number of aryl methyl sites for hydroxylation is 1. The Bertz CT molecular complexity index is 2120.